The van der Waals surface area contributed by atoms with Crippen LogP contribution in [0, 0.1) is 5.82 Å². The normalized spacial score (nSPS) is 21.4. The zero-order valence-electron chi connectivity index (χ0n) is 7.74. The fourth-order valence-corrected chi connectivity index (χ4v) is 2.34. The summed E-state index contributed by atoms with van der Waals surface area (Å²) in [6.45, 7) is 1.11. The van der Waals surface area contributed by atoms with E-state index in [0.29, 0.717) is 11.2 Å². The van der Waals surface area contributed by atoms with Crippen LogP contribution >= 0.6 is 11.8 Å². The monoisotopic (exact) mass is 213 g/mol. The molecule has 1 atom stereocenters. The SMILES string of the molecule is Fc1cnc(SC[C@@H]2CCCN2)nc1. The van der Waals surface area contributed by atoms with E-state index in [4.69, 9.17) is 0 Å². The average Bonchev–Trinajstić information content (AvgIpc) is 2.70. The van der Waals surface area contributed by atoms with Crippen molar-refractivity contribution in [3.05, 3.63) is 18.2 Å². The first-order valence-corrected chi connectivity index (χ1v) is 5.67. The Labute approximate surface area is 86.5 Å². The molecule has 1 aliphatic rings. The van der Waals surface area contributed by atoms with Crippen LogP contribution in [-0.4, -0.2) is 28.3 Å². The van der Waals surface area contributed by atoms with Crippen molar-refractivity contribution in [3.8, 4) is 0 Å². The van der Waals surface area contributed by atoms with Crippen LogP contribution in [-0.2, 0) is 0 Å². The second-order valence-electron chi connectivity index (χ2n) is 3.29. The van der Waals surface area contributed by atoms with Gasteiger partial charge in [-0.05, 0) is 19.4 Å². The Bertz CT molecular complexity index is 285. The maximum atomic E-state index is 12.5. The summed E-state index contributed by atoms with van der Waals surface area (Å²) in [6.07, 6.45) is 4.87. The molecule has 76 valence electrons. The molecule has 0 bridgehead atoms. The largest absolute Gasteiger partial charge is 0.313 e. The molecule has 0 radical (unpaired) electrons. The molecular weight excluding hydrogens is 201 g/mol. The molecule has 1 aromatic rings. The predicted molar refractivity (Wildman–Crippen MR) is 53.7 cm³/mol. The van der Waals surface area contributed by atoms with Gasteiger partial charge < -0.3 is 5.32 Å². The van der Waals surface area contributed by atoms with E-state index in [-0.39, 0.29) is 5.82 Å². The second kappa shape index (κ2) is 4.70. The lowest BCUT2D eigenvalue weighted by atomic mass is 10.3. The average molecular weight is 213 g/mol. The Morgan fingerprint density at radius 3 is 2.93 bits per heavy atom. The minimum Gasteiger partial charge on any atom is -0.313 e. The zero-order valence-corrected chi connectivity index (χ0v) is 8.56. The highest BCUT2D eigenvalue weighted by atomic mass is 32.2. The van der Waals surface area contributed by atoms with Gasteiger partial charge in [-0.3, -0.25) is 0 Å². The fourth-order valence-electron chi connectivity index (χ4n) is 1.45. The molecule has 2 heterocycles. The maximum absolute atomic E-state index is 12.5. The third-order valence-electron chi connectivity index (χ3n) is 2.17. The molecule has 1 N–H and O–H groups in total. The van der Waals surface area contributed by atoms with Gasteiger partial charge in [0.25, 0.3) is 0 Å². The second-order valence-corrected chi connectivity index (χ2v) is 4.28. The van der Waals surface area contributed by atoms with E-state index in [1.54, 1.807) is 11.8 Å². The first-order chi connectivity index (χ1) is 6.84. The van der Waals surface area contributed by atoms with Gasteiger partial charge in [-0.2, -0.15) is 0 Å². The first-order valence-electron chi connectivity index (χ1n) is 4.68. The van der Waals surface area contributed by atoms with Gasteiger partial charge in [0.05, 0.1) is 12.4 Å². The highest BCUT2D eigenvalue weighted by Gasteiger charge is 2.14. The molecule has 1 fully saturated rings. The number of rotatable bonds is 3. The zero-order chi connectivity index (χ0) is 9.80. The molecule has 0 amide bonds. The number of aromatic nitrogens is 2. The van der Waals surface area contributed by atoms with Crippen LogP contribution in [0.4, 0.5) is 4.39 Å². The van der Waals surface area contributed by atoms with E-state index in [9.17, 15) is 4.39 Å². The van der Waals surface area contributed by atoms with E-state index in [0.717, 1.165) is 12.3 Å². The van der Waals surface area contributed by atoms with Crippen LogP contribution in [0.5, 0.6) is 0 Å². The lowest BCUT2D eigenvalue weighted by molar-refractivity contribution is 0.605. The van der Waals surface area contributed by atoms with Gasteiger partial charge in [0, 0.05) is 11.8 Å². The van der Waals surface area contributed by atoms with Crippen LogP contribution in [0.2, 0.25) is 0 Å². The van der Waals surface area contributed by atoms with Crippen molar-refractivity contribution in [1.29, 1.82) is 0 Å². The fraction of sp³-hybridized carbons (Fsp3) is 0.556. The third-order valence-corrected chi connectivity index (χ3v) is 3.21. The summed E-state index contributed by atoms with van der Waals surface area (Å²) in [6, 6.07) is 0.564. The minimum absolute atomic E-state index is 0.381. The number of nitrogens with one attached hydrogen (secondary N) is 1. The first kappa shape index (κ1) is 9.86. The van der Waals surface area contributed by atoms with Crippen molar-refractivity contribution in [1.82, 2.24) is 15.3 Å². The van der Waals surface area contributed by atoms with Crippen molar-refractivity contribution in [2.24, 2.45) is 0 Å². The molecule has 1 aliphatic heterocycles. The summed E-state index contributed by atoms with van der Waals surface area (Å²) in [4.78, 5) is 7.78. The number of thioether (sulfide) groups is 1. The maximum Gasteiger partial charge on any atom is 0.187 e. The molecule has 5 heteroatoms. The molecule has 14 heavy (non-hydrogen) atoms. The van der Waals surface area contributed by atoms with E-state index in [2.05, 4.69) is 15.3 Å². The summed E-state index contributed by atoms with van der Waals surface area (Å²) in [5.74, 6) is 0.583. The van der Waals surface area contributed by atoms with Crippen molar-refractivity contribution in [2.75, 3.05) is 12.3 Å². The van der Waals surface area contributed by atoms with Crippen molar-refractivity contribution in [2.45, 2.75) is 24.0 Å². The molecule has 2 rings (SSSR count). The van der Waals surface area contributed by atoms with Gasteiger partial charge in [0.1, 0.15) is 0 Å². The van der Waals surface area contributed by atoms with Gasteiger partial charge in [0.2, 0.25) is 0 Å². The molecule has 0 unspecified atom stereocenters. The Hall–Kier alpha value is -0.680. The number of halogens is 1. The molecule has 0 spiro atoms. The molecular formula is C9H12FN3S. The van der Waals surface area contributed by atoms with Crippen molar-refractivity contribution >= 4 is 11.8 Å². The van der Waals surface area contributed by atoms with Gasteiger partial charge in [-0.1, -0.05) is 11.8 Å². The lowest BCUT2D eigenvalue weighted by Gasteiger charge is -2.07. The predicted octanol–water partition coefficient (Wildman–Crippen LogP) is 1.46. The number of hydrogen-bond donors (Lipinski definition) is 1. The van der Waals surface area contributed by atoms with E-state index < -0.39 is 0 Å². The Morgan fingerprint density at radius 1 is 1.50 bits per heavy atom. The highest BCUT2D eigenvalue weighted by molar-refractivity contribution is 7.99. The highest BCUT2D eigenvalue weighted by Crippen LogP contribution is 2.17. The van der Waals surface area contributed by atoms with Crippen molar-refractivity contribution < 1.29 is 4.39 Å². The van der Waals surface area contributed by atoms with Gasteiger partial charge >= 0.3 is 0 Å². The molecule has 1 saturated heterocycles. The van der Waals surface area contributed by atoms with Crippen LogP contribution in [0.15, 0.2) is 17.6 Å². The van der Waals surface area contributed by atoms with Gasteiger partial charge in [0.15, 0.2) is 11.0 Å². The summed E-state index contributed by atoms with van der Waals surface area (Å²) >= 11 is 1.57. The summed E-state index contributed by atoms with van der Waals surface area (Å²) in [7, 11) is 0. The Morgan fingerprint density at radius 2 is 2.29 bits per heavy atom. The van der Waals surface area contributed by atoms with Crippen LogP contribution < -0.4 is 5.32 Å². The van der Waals surface area contributed by atoms with Crippen LogP contribution in [0.1, 0.15) is 12.8 Å². The lowest BCUT2D eigenvalue weighted by Crippen LogP contribution is -2.23. The Kier molecular flexibility index (Phi) is 3.31. The van der Waals surface area contributed by atoms with E-state index in [1.807, 2.05) is 0 Å². The summed E-state index contributed by atoms with van der Waals surface area (Å²) in [5.41, 5.74) is 0. The van der Waals surface area contributed by atoms with E-state index in [1.165, 1.54) is 25.2 Å². The summed E-state index contributed by atoms with van der Waals surface area (Å²) in [5, 5.41) is 4.04. The van der Waals surface area contributed by atoms with Gasteiger partial charge in [-0.15, -0.1) is 0 Å². The van der Waals surface area contributed by atoms with Gasteiger partial charge in [-0.25, -0.2) is 14.4 Å². The number of nitrogens with zero attached hydrogens (tertiary/aromatic N) is 2. The Balaban J connectivity index is 1.82. The summed E-state index contributed by atoms with van der Waals surface area (Å²) < 4.78 is 12.5. The molecule has 0 aromatic carbocycles. The third kappa shape index (κ3) is 2.65. The van der Waals surface area contributed by atoms with Crippen molar-refractivity contribution in [3.63, 3.8) is 0 Å². The van der Waals surface area contributed by atoms with E-state index >= 15 is 0 Å². The molecule has 0 aliphatic carbocycles. The van der Waals surface area contributed by atoms with Crippen LogP contribution in [0.25, 0.3) is 0 Å². The molecule has 3 nitrogen and oxygen atoms in total. The standard InChI is InChI=1S/C9H12FN3S/c10-7-4-12-9(13-5-7)14-6-8-2-1-3-11-8/h4-5,8,11H,1-3,6H2/t8-/m0/s1. The molecule has 1 aromatic heterocycles. The minimum atomic E-state index is -0.381. The smallest absolute Gasteiger partial charge is 0.187 e. The van der Waals surface area contributed by atoms with Crippen LogP contribution in [0.3, 0.4) is 0 Å². The number of hydrogen-bond acceptors (Lipinski definition) is 4. The topological polar surface area (TPSA) is 37.8 Å². The quantitative estimate of drug-likeness (QED) is 0.609. The molecule has 0 saturated carbocycles.